The van der Waals surface area contributed by atoms with Crippen molar-refractivity contribution >= 4 is 28.7 Å². The Labute approximate surface area is 109 Å². The number of halogens is 1. The first-order chi connectivity index (χ1) is 8.13. The Bertz CT molecular complexity index is 531. The summed E-state index contributed by atoms with van der Waals surface area (Å²) in [4.78, 5) is 15.9. The van der Waals surface area contributed by atoms with Gasteiger partial charge in [-0.15, -0.1) is 22.9 Å². The molecule has 5 heteroatoms. The van der Waals surface area contributed by atoms with Gasteiger partial charge < -0.3 is 4.57 Å². The van der Waals surface area contributed by atoms with Gasteiger partial charge >= 0.3 is 0 Å². The zero-order valence-electron chi connectivity index (χ0n) is 9.74. The minimum atomic E-state index is -0.0230. The molecule has 17 heavy (non-hydrogen) atoms. The number of carbonyl (C=O) groups is 1. The summed E-state index contributed by atoms with van der Waals surface area (Å²) in [5, 5.41) is 2.99. The molecule has 0 atom stereocenters. The average molecular weight is 269 g/mol. The first-order valence-corrected chi connectivity index (χ1v) is 6.69. The summed E-state index contributed by atoms with van der Waals surface area (Å²) in [5.74, 6) is 0.00631. The molecule has 0 aliphatic carbocycles. The molecule has 2 aromatic rings. The van der Waals surface area contributed by atoms with Crippen LogP contribution in [0, 0.1) is 13.8 Å². The monoisotopic (exact) mass is 268 g/mol. The van der Waals surface area contributed by atoms with Crippen LogP contribution in [-0.4, -0.2) is 21.2 Å². The fourth-order valence-electron chi connectivity index (χ4n) is 1.87. The van der Waals surface area contributed by atoms with Crippen LogP contribution >= 0.6 is 22.9 Å². The Morgan fingerprint density at radius 1 is 1.53 bits per heavy atom. The number of hydrogen-bond donors (Lipinski definition) is 0. The second-order valence-corrected chi connectivity index (χ2v) is 5.10. The number of thiazole rings is 1. The maximum atomic E-state index is 11.6. The van der Waals surface area contributed by atoms with Crippen molar-refractivity contribution in [1.29, 1.82) is 0 Å². The topological polar surface area (TPSA) is 34.9 Å². The van der Waals surface area contributed by atoms with Gasteiger partial charge in [0.05, 0.1) is 12.4 Å². The number of alkyl halides is 1. The van der Waals surface area contributed by atoms with E-state index < -0.39 is 0 Å². The number of carbonyl (C=O) groups excluding carboxylic acids is 1. The lowest BCUT2D eigenvalue weighted by molar-refractivity contribution is 0.102. The van der Waals surface area contributed by atoms with E-state index in [-0.39, 0.29) is 11.7 Å². The summed E-state index contributed by atoms with van der Waals surface area (Å²) in [6.07, 6.45) is 1.79. The summed E-state index contributed by atoms with van der Waals surface area (Å²) in [7, 11) is 0. The summed E-state index contributed by atoms with van der Waals surface area (Å²) in [6.45, 7) is 4.65. The van der Waals surface area contributed by atoms with Crippen LogP contribution in [0.15, 0.2) is 17.6 Å². The van der Waals surface area contributed by atoms with Gasteiger partial charge in [0.25, 0.3) is 0 Å². The van der Waals surface area contributed by atoms with Crippen molar-refractivity contribution in [3.8, 4) is 0 Å². The Hall–Kier alpha value is -1.13. The minimum Gasteiger partial charge on any atom is -0.342 e. The first kappa shape index (κ1) is 12.3. The fourth-order valence-corrected chi connectivity index (χ4v) is 2.61. The van der Waals surface area contributed by atoms with E-state index in [1.54, 1.807) is 17.5 Å². The van der Waals surface area contributed by atoms with E-state index in [4.69, 9.17) is 11.6 Å². The lowest BCUT2D eigenvalue weighted by Crippen LogP contribution is -2.06. The van der Waals surface area contributed by atoms with Crippen LogP contribution in [0.5, 0.6) is 0 Å². The second-order valence-electron chi connectivity index (χ2n) is 3.85. The summed E-state index contributed by atoms with van der Waals surface area (Å²) >= 11 is 7.21. The molecule has 0 amide bonds. The molecule has 3 nitrogen and oxygen atoms in total. The zero-order chi connectivity index (χ0) is 12.4. The average Bonchev–Trinajstić information content (AvgIpc) is 2.91. The van der Waals surface area contributed by atoms with Crippen molar-refractivity contribution in [1.82, 2.24) is 9.55 Å². The van der Waals surface area contributed by atoms with Gasteiger partial charge in [-0.1, -0.05) is 0 Å². The maximum Gasteiger partial charge on any atom is 0.179 e. The molecule has 0 saturated heterocycles. The van der Waals surface area contributed by atoms with Crippen LogP contribution in [0.4, 0.5) is 0 Å². The van der Waals surface area contributed by atoms with Gasteiger partial charge in [-0.25, -0.2) is 4.98 Å². The molecule has 2 rings (SSSR count). The summed E-state index contributed by atoms with van der Waals surface area (Å²) in [5.41, 5.74) is 2.74. The summed E-state index contributed by atoms with van der Waals surface area (Å²) in [6, 6.07) is 1.90. The Morgan fingerprint density at radius 3 is 2.88 bits per heavy atom. The van der Waals surface area contributed by atoms with Crippen LogP contribution in [0.1, 0.15) is 26.8 Å². The molecule has 2 aromatic heterocycles. The fraction of sp³-hybridized carbons (Fsp3) is 0.333. The molecule has 0 bridgehead atoms. The predicted octanol–water partition coefficient (Wildman–Crippen LogP) is 3.03. The van der Waals surface area contributed by atoms with Crippen LogP contribution < -0.4 is 0 Å². The van der Waals surface area contributed by atoms with E-state index >= 15 is 0 Å². The molecule has 0 aliphatic heterocycles. The Kier molecular flexibility index (Phi) is 3.64. The molecule has 0 radical (unpaired) electrons. The van der Waals surface area contributed by atoms with E-state index in [0.29, 0.717) is 12.1 Å². The predicted molar refractivity (Wildman–Crippen MR) is 70.2 cm³/mol. The zero-order valence-corrected chi connectivity index (χ0v) is 11.3. The van der Waals surface area contributed by atoms with Crippen molar-refractivity contribution < 1.29 is 4.79 Å². The van der Waals surface area contributed by atoms with Gasteiger partial charge in [0.1, 0.15) is 5.01 Å². The normalized spacial score (nSPS) is 10.8. The number of hydrogen-bond acceptors (Lipinski definition) is 3. The van der Waals surface area contributed by atoms with E-state index in [9.17, 15) is 4.79 Å². The smallest absolute Gasteiger partial charge is 0.179 e. The molecule has 0 N–H and O–H groups in total. The highest BCUT2D eigenvalue weighted by Gasteiger charge is 2.15. The molecule has 0 spiro atoms. The van der Waals surface area contributed by atoms with Crippen molar-refractivity contribution in [3.63, 3.8) is 0 Å². The standard InChI is InChI=1S/C12H13ClN2OS/c1-8-5-10(11(16)6-13)9(2)15(8)7-12-14-3-4-17-12/h3-5H,6-7H2,1-2H3. The largest absolute Gasteiger partial charge is 0.342 e. The highest BCUT2D eigenvalue weighted by atomic mass is 35.5. The van der Waals surface area contributed by atoms with Crippen LogP contribution in [0.2, 0.25) is 0 Å². The van der Waals surface area contributed by atoms with Crippen molar-refractivity contribution in [2.75, 3.05) is 5.88 Å². The number of ketones is 1. The maximum absolute atomic E-state index is 11.6. The molecule has 0 saturated carbocycles. The van der Waals surface area contributed by atoms with Gasteiger partial charge in [-0.2, -0.15) is 0 Å². The number of nitrogens with zero attached hydrogens (tertiary/aromatic N) is 2. The molecular weight excluding hydrogens is 256 g/mol. The van der Waals surface area contributed by atoms with Crippen molar-refractivity contribution in [3.05, 3.63) is 39.6 Å². The van der Waals surface area contributed by atoms with E-state index in [1.165, 1.54) is 0 Å². The van der Waals surface area contributed by atoms with E-state index in [1.807, 2.05) is 25.3 Å². The summed E-state index contributed by atoms with van der Waals surface area (Å²) < 4.78 is 2.10. The second kappa shape index (κ2) is 5.02. The highest BCUT2D eigenvalue weighted by Crippen LogP contribution is 2.18. The molecule has 0 unspecified atom stereocenters. The van der Waals surface area contributed by atoms with Crippen LogP contribution in [0.25, 0.3) is 0 Å². The Balaban J connectivity index is 2.35. The van der Waals surface area contributed by atoms with Gasteiger partial charge in [0.15, 0.2) is 5.78 Å². The number of aryl methyl sites for hydroxylation is 1. The molecule has 0 aliphatic rings. The van der Waals surface area contributed by atoms with Gasteiger partial charge in [-0.05, 0) is 19.9 Å². The molecule has 0 fully saturated rings. The van der Waals surface area contributed by atoms with Crippen LogP contribution in [-0.2, 0) is 6.54 Å². The lowest BCUT2D eigenvalue weighted by Gasteiger charge is -2.07. The number of Topliss-reactive ketones (excluding diaryl/α,β-unsaturated/α-hetero) is 1. The van der Waals surface area contributed by atoms with Gasteiger partial charge in [0, 0.05) is 28.5 Å². The molecular formula is C12H13ClN2OS. The van der Waals surface area contributed by atoms with Gasteiger partial charge in [-0.3, -0.25) is 4.79 Å². The minimum absolute atomic E-state index is 0.0230. The number of aromatic nitrogens is 2. The SMILES string of the molecule is Cc1cc(C(=O)CCl)c(C)n1Cc1nccs1. The van der Waals surface area contributed by atoms with Crippen LogP contribution in [0.3, 0.4) is 0 Å². The lowest BCUT2D eigenvalue weighted by atomic mass is 10.2. The molecule has 90 valence electrons. The third-order valence-electron chi connectivity index (χ3n) is 2.77. The van der Waals surface area contributed by atoms with Crippen molar-refractivity contribution in [2.24, 2.45) is 0 Å². The Morgan fingerprint density at radius 2 is 2.29 bits per heavy atom. The third-order valence-corrected chi connectivity index (χ3v) is 3.78. The molecule has 0 aromatic carbocycles. The third kappa shape index (κ3) is 2.42. The van der Waals surface area contributed by atoms with E-state index in [0.717, 1.165) is 16.4 Å². The number of rotatable bonds is 4. The van der Waals surface area contributed by atoms with E-state index in [2.05, 4.69) is 9.55 Å². The first-order valence-electron chi connectivity index (χ1n) is 5.27. The highest BCUT2D eigenvalue weighted by molar-refractivity contribution is 7.09. The molecule has 2 heterocycles. The quantitative estimate of drug-likeness (QED) is 0.631. The van der Waals surface area contributed by atoms with Gasteiger partial charge in [0.2, 0.25) is 0 Å². The van der Waals surface area contributed by atoms with Crippen molar-refractivity contribution in [2.45, 2.75) is 20.4 Å².